The molecule has 1 aliphatic rings. The Bertz CT molecular complexity index is 3250. The Labute approximate surface area is 370 Å². The van der Waals surface area contributed by atoms with Crippen LogP contribution in [0.2, 0.25) is 0 Å². The molecule has 1 atom stereocenters. The monoisotopic (exact) mass is 803 g/mol. The molecule has 0 spiro atoms. The molecule has 0 heterocycles. The zero-order valence-corrected chi connectivity index (χ0v) is 35.0. The third-order valence-electron chi connectivity index (χ3n) is 12.6. The van der Waals surface area contributed by atoms with Crippen LogP contribution < -0.4 is 4.90 Å². The lowest BCUT2D eigenvalue weighted by atomic mass is 9.89. The van der Waals surface area contributed by atoms with Crippen molar-refractivity contribution in [1.82, 2.24) is 0 Å². The molecular formula is C62H45N. The first-order valence-electron chi connectivity index (χ1n) is 21.9. The summed E-state index contributed by atoms with van der Waals surface area (Å²) in [5, 5.41) is 5.11. The molecule has 10 aromatic rings. The number of anilines is 2. The van der Waals surface area contributed by atoms with E-state index in [0.717, 1.165) is 17.8 Å². The van der Waals surface area contributed by atoms with Crippen LogP contribution in [0.3, 0.4) is 0 Å². The quantitative estimate of drug-likeness (QED) is 0.131. The van der Waals surface area contributed by atoms with Crippen LogP contribution in [0.1, 0.15) is 12.0 Å². The Morgan fingerprint density at radius 3 is 1.43 bits per heavy atom. The topological polar surface area (TPSA) is 3.24 Å². The largest absolute Gasteiger partial charge is 0.334 e. The summed E-state index contributed by atoms with van der Waals surface area (Å²) in [5.41, 5.74) is 17.0. The minimum absolute atomic E-state index is 0.122. The molecule has 1 aliphatic carbocycles. The summed E-state index contributed by atoms with van der Waals surface area (Å²) in [6.45, 7) is 0. The van der Waals surface area contributed by atoms with Gasteiger partial charge in [-0.2, -0.15) is 0 Å². The highest BCUT2D eigenvalue weighted by molar-refractivity contribution is 6.12. The molecule has 1 heteroatoms. The highest BCUT2D eigenvalue weighted by Crippen LogP contribution is 2.40. The Hall–Kier alpha value is -8.00. The van der Waals surface area contributed by atoms with Gasteiger partial charge >= 0.3 is 0 Å². The van der Waals surface area contributed by atoms with Crippen molar-refractivity contribution in [1.29, 1.82) is 0 Å². The smallest absolute Gasteiger partial charge is 0.0560 e. The van der Waals surface area contributed by atoms with Crippen LogP contribution in [0.15, 0.2) is 255 Å². The number of fused-ring (bicyclic) bond motifs is 3. The number of benzene rings is 10. The van der Waals surface area contributed by atoms with Crippen molar-refractivity contribution in [3.63, 3.8) is 0 Å². The maximum absolute atomic E-state index is 2.50. The maximum atomic E-state index is 2.50. The van der Waals surface area contributed by atoms with Crippen molar-refractivity contribution >= 4 is 38.5 Å². The summed E-state index contributed by atoms with van der Waals surface area (Å²) in [4.78, 5) is 2.50. The van der Waals surface area contributed by atoms with Crippen LogP contribution in [0.5, 0.6) is 0 Å². The normalized spacial score (nSPS) is 13.5. The van der Waals surface area contributed by atoms with Gasteiger partial charge in [0.15, 0.2) is 0 Å². The maximum Gasteiger partial charge on any atom is 0.0560 e. The van der Waals surface area contributed by atoms with Crippen LogP contribution in [0.25, 0.3) is 82.8 Å². The van der Waals surface area contributed by atoms with E-state index in [-0.39, 0.29) is 6.04 Å². The van der Waals surface area contributed by atoms with Gasteiger partial charge in [-0.05, 0) is 125 Å². The zero-order valence-electron chi connectivity index (χ0n) is 35.0. The fraction of sp³-hybridized carbons (Fsp3) is 0.0323. The minimum Gasteiger partial charge on any atom is -0.334 e. The summed E-state index contributed by atoms with van der Waals surface area (Å²) in [6.07, 6.45) is 8.00. The van der Waals surface area contributed by atoms with Crippen molar-refractivity contribution in [3.8, 4) is 55.6 Å². The molecule has 11 rings (SSSR count). The van der Waals surface area contributed by atoms with Gasteiger partial charge in [-0.25, -0.2) is 0 Å². The second kappa shape index (κ2) is 16.8. The summed E-state index contributed by atoms with van der Waals surface area (Å²) in [7, 11) is 0. The number of rotatable bonds is 9. The lowest BCUT2D eigenvalue weighted by molar-refractivity contribution is 0.787. The molecule has 0 bridgehead atoms. The standard InChI is InChI=1S/C62H45N/c1-4-13-44(14-5-1)45-23-25-46(26-24-45)47-27-35-54(36-28-47)63(56-39-31-52(32-40-56)58-21-12-22-60-57-20-11-10-19-51(57)33-42-61(58)60)55-37-29-48(30-38-55)53-34-41-59(49-15-6-2-7-16-49)62(43-53)50-17-8-3-9-18-50/h1-37,39-43,55H,38H2. The fourth-order valence-electron chi connectivity index (χ4n) is 9.39. The molecule has 0 radical (unpaired) electrons. The Kier molecular flexibility index (Phi) is 10.1. The molecule has 63 heavy (non-hydrogen) atoms. The van der Waals surface area contributed by atoms with Crippen molar-refractivity contribution < 1.29 is 0 Å². The Morgan fingerprint density at radius 2 is 0.810 bits per heavy atom. The summed E-state index contributed by atoms with van der Waals surface area (Å²) >= 11 is 0. The average Bonchev–Trinajstić information content (AvgIpc) is 3.37. The van der Waals surface area contributed by atoms with Crippen LogP contribution in [0, 0.1) is 0 Å². The molecule has 0 aromatic heterocycles. The van der Waals surface area contributed by atoms with E-state index in [9.17, 15) is 0 Å². The highest BCUT2D eigenvalue weighted by atomic mass is 15.2. The van der Waals surface area contributed by atoms with Gasteiger partial charge in [0.1, 0.15) is 0 Å². The van der Waals surface area contributed by atoms with Gasteiger partial charge < -0.3 is 4.90 Å². The third kappa shape index (κ3) is 7.56. The van der Waals surface area contributed by atoms with Gasteiger partial charge in [0, 0.05) is 11.4 Å². The lowest BCUT2D eigenvalue weighted by Gasteiger charge is -2.33. The Morgan fingerprint density at radius 1 is 0.317 bits per heavy atom. The van der Waals surface area contributed by atoms with Crippen LogP contribution in [-0.2, 0) is 0 Å². The molecule has 10 aromatic carbocycles. The van der Waals surface area contributed by atoms with E-state index in [1.54, 1.807) is 0 Å². The summed E-state index contributed by atoms with van der Waals surface area (Å²) in [6, 6.07) is 86.2. The van der Waals surface area contributed by atoms with Crippen molar-refractivity contribution in [2.24, 2.45) is 0 Å². The van der Waals surface area contributed by atoms with Crippen molar-refractivity contribution in [2.75, 3.05) is 4.90 Å². The van der Waals surface area contributed by atoms with Gasteiger partial charge in [0.05, 0.1) is 6.04 Å². The van der Waals surface area contributed by atoms with Crippen LogP contribution in [-0.4, -0.2) is 6.04 Å². The molecule has 298 valence electrons. The van der Waals surface area contributed by atoms with Crippen molar-refractivity contribution in [3.05, 3.63) is 260 Å². The summed E-state index contributed by atoms with van der Waals surface area (Å²) in [5.74, 6) is 0. The molecule has 0 aliphatic heterocycles. The molecule has 0 amide bonds. The van der Waals surface area contributed by atoms with E-state index in [1.165, 1.54) is 88.3 Å². The van der Waals surface area contributed by atoms with E-state index >= 15 is 0 Å². The molecular weight excluding hydrogens is 759 g/mol. The zero-order chi connectivity index (χ0) is 42.0. The molecule has 0 fully saturated rings. The van der Waals surface area contributed by atoms with E-state index in [2.05, 4.69) is 260 Å². The SMILES string of the molecule is C1=CC(N(c2ccc(-c3ccc(-c4ccccc4)cc3)cc2)c2ccc(-c3cccc4c3ccc3ccccc34)cc2)CC=C1c1ccc(-c2ccccc2)c(-c2ccccc2)c1. The Balaban J connectivity index is 0.932. The number of hydrogen-bond acceptors (Lipinski definition) is 1. The molecule has 1 unspecified atom stereocenters. The first-order chi connectivity index (χ1) is 31.2. The molecule has 0 saturated carbocycles. The molecule has 0 N–H and O–H groups in total. The number of hydrogen-bond donors (Lipinski definition) is 0. The van der Waals surface area contributed by atoms with Gasteiger partial charge in [0.2, 0.25) is 0 Å². The lowest BCUT2D eigenvalue weighted by Crippen LogP contribution is -2.30. The van der Waals surface area contributed by atoms with E-state index < -0.39 is 0 Å². The molecule has 1 nitrogen and oxygen atoms in total. The summed E-state index contributed by atoms with van der Waals surface area (Å²) < 4.78 is 0. The fourth-order valence-corrected chi connectivity index (χ4v) is 9.39. The van der Waals surface area contributed by atoms with Crippen LogP contribution in [0.4, 0.5) is 11.4 Å². The second-order valence-corrected chi connectivity index (χ2v) is 16.4. The second-order valence-electron chi connectivity index (χ2n) is 16.4. The van der Waals surface area contributed by atoms with Gasteiger partial charge in [-0.1, -0.05) is 224 Å². The van der Waals surface area contributed by atoms with E-state index in [0.29, 0.717) is 0 Å². The van der Waals surface area contributed by atoms with Gasteiger partial charge in [-0.3, -0.25) is 0 Å². The van der Waals surface area contributed by atoms with E-state index in [1.807, 2.05) is 0 Å². The van der Waals surface area contributed by atoms with Gasteiger partial charge in [0.25, 0.3) is 0 Å². The molecule has 0 saturated heterocycles. The van der Waals surface area contributed by atoms with Crippen LogP contribution >= 0.6 is 0 Å². The number of nitrogens with zero attached hydrogens (tertiary/aromatic N) is 1. The predicted molar refractivity (Wildman–Crippen MR) is 269 cm³/mol. The van der Waals surface area contributed by atoms with E-state index in [4.69, 9.17) is 0 Å². The average molecular weight is 804 g/mol. The first kappa shape index (κ1) is 38.0. The van der Waals surface area contributed by atoms with Crippen molar-refractivity contribution in [2.45, 2.75) is 12.5 Å². The minimum atomic E-state index is 0.122. The number of allylic oxidation sites excluding steroid dienone is 2. The highest BCUT2D eigenvalue weighted by Gasteiger charge is 2.22. The third-order valence-corrected chi connectivity index (χ3v) is 12.6. The van der Waals surface area contributed by atoms with Gasteiger partial charge in [-0.15, -0.1) is 0 Å². The predicted octanol–water partition coefficient (Wildman–Crippen LogP) is 16.9. The first-order valence-corrected chi connectivity index (χ1v) is 21.9.